The average molecular weight is 446 g/mol. The molecule has 2 aromatic carbocycles. The van der Waals surface area contributed by atoms with Gasteiger partial charge in [-0.3, -0.25) is 14.6 Å². The number of hydrogen-bond acceptors (Lipinski definition) is 5. The number of carbonyl (C=O) groups is 2. The average Bonchev–Trinajstić information content (AvgIpc) is 3.08. The predicted molar refractivity (Wildman–Crippen MR) is 121 cm³/mol. The minimum atomic E-state index is -0.873. The van der Waals surface area contributed by atoms with Gasteiger partial charge in [0, 0.05) is 24.5 Å². The van der Waals surface area contributed by atoms with Gasteiger partial charge in [-0.15, -0.1) is 0 Å². The molecule has 2 heterocycles. The minimum Gasteiger partial charge on any atom is -0.507 e. The van der Waals surface area contributed by atoms with Crippen molar-refractivity contribution in [2.45, 2.75) is 25.9 Å². The lowest BCUT2D eigenvalue weighted by Crippen LogP contribution is -2.29. The molecule has 6 nitrogen and oxygen atoms in total. The largest absolute Gasteiger partial charge is 0.507 e. The summed E-state index contributed by atoms with van der Waals surface area (Å²) in [5.41, 5.74) is 1.58. The van der Waals surface area contributed by atoms with E-state index in [-0.39, 0.29) is 17.9 Å². The Kier molecular flexibility index (Phi) is 6.49. The highest BCUT2D eigenvalue weighted by Gasteiger charge is 2.46. The van der Waals surface area contributed by atoms with E-state index in [0.29, 0.717) is 23.5 Å². The summed E-state index contributed by atoms with van der Waals surface area (Å²) >= 11 is 0. The number of benzene rings is 2. The molecule has 0 bridgehead atoms. The monoisotopic (exact) mass is 446 g/mol. The van der Waals surface area contributed by atoms with Gasteiger partial charge in [-0.2, -0.15) is 0 Å². The smallest absolute Gasteiger partial charge is 0.295 e. The van der Waals surface area contributed by atoms with Crippen LogP contribution in [0.3, 0.4) is 0 Å². The molecule has 0 saturated carbocycles. The van der Waals surface area contributed by atoms with E-state index in [1.165, 1.54) is 29.2 Å². The number of hydrogen-bond donors (Lipinski definition) is 1. The van der Waals surface area contributed by atoms with Crippen LogP contribution in [0, 0.1) is 5.82 Å². The van der Waals surface area contributed by atoms with Crippen LogP contribution in [0.25, 0.3) is 5.76 Å². The van der Waals surface area contributed by atoms with Crippen molar-refractivity contribution in [3.05, 3.63) is 101 Å². The lowest BCUT2D eigenvalue weighted by atomic mass is 9.95. The molecule has 1 fully saturated rings. The Morgan fingerprint density at radius 2 is 1.82 bits per heavy atom. The third-order valence-corrected chi connectivity index (χ3v) is 5.40. The second-order valence-electron chi connectivity index (χ2n) is 7.71. The molecule has 1 atom stereocenters. The number of aliphatic hydroxyl groups excluding tert-OH is 1. The Balaban J connectivity index is 1.78. The molecular weight excluding hydrogens is 423 g/mol. The van der Waals surface area contributed by atoms with Crippen molar-refractivity contribution in [2.24, 2.45) is 0 Å². The highest BCUT2D eigenvalue weighted by atomic mass is 19.1. The van der Waals surface area contributed by atoms with Crippen LogP contribution < -0.4 is 4.74 Å². The number of pyridine rings is 1. The topological polar surface area (TPSA) is 79.7 Å². The molecule has 33 heavy (non-hydrogen) atoms. The molecule has 0 unspecified atom stereocenters. The van der Waals surface area contributed by atoms with Crippen molar-refractivity contribution in [2.75, 3.05) is 6.61 Å². The van der Waals surface area contributed by atoms with Gasteiger partial charge in [0.1, 0.15) is 17.3 Å². The van der Waals surface area contributed by atoms with Gasteiger partial charge >= 0.3 is 0 Å². The molecule has 1 amide bonds. The summed E-state index contributed by atoms with van der Waals surface area (Å²) in [6.45, 7) is 2.68. The highest BCUT2D eigenvalue weighted by molar-refractivity contribution is 6.46. The second-order valence-corrected chi connectivity index (χ2v) is 7.71. The number of rotatable bonds is 7. The van der Waals surface area contributed by atoms with Crippen molar-refractivity contribution in [1.29, 1.82) is 0 Å². The molecule has 1 N–H and O–H groups in total. The number of ketones is 1. The first-order valence-corrected chi connectivity index (χ1v) is 10.7. The number of carbonyl (C=O) groups excluding carboxylic acids is 2. The molecule has 4 rings (SSSR count). The summed E-state index contributed by atoms with van der Waals surface area (Å²) < 4.78 is 19.2. The summed E-state index contributed by atoms with van der Waals surface area (Å²) in [5.74, 6) is -1.63. The summed E-state index contributed by atoms with van der Waals surface area (Å²) in [6.07, 6.45) is 4.08. The van der Waals surface area contributed by atoms with E-state index >= 15 is 0 Å². The Hall–Kier alpha value is -4.00. The van der Waals surface area contributed by atoms with E-state index in [9.17, 15) is 19.1 Å². The normalized spacial score (nSPS) is 17.4. The van der Waals surface area contributed by atoms with E-state index < -0.39 is 23.5 Å². The van der Waals surface area contributed by atoms with Crippen LogP contribution in [0.5, 0.6) is 5.75 Å². The van der Waals surface area contributed by atoms with Crippen LogP contribution in [0.1, 0.15) is 36.1 Å². The highest BCUT2D eigenvalue weighted by Crippen LogP contribution is 2.40. The number of Topliss-reactive ketones (excluding diaryl/α,β-unsaturated/α-hetero) is 1. The first kappa shape index (κ1) is 22.2. The zero-order valence-corrected chi connectivity index (χ0v) is 18.1. The van der Waals surface area contributed by atoms with E-state index in [1.54, 1.807) is 48.8 Å². The maximum absolute atomic E-state index is 13.6. The van der Waals surface area contributed by atoms with Crippen molar-refractivity contribution < 1.29 is 23.8 Å². The van der Waals surface area contributed by atoms with Crippen LogP contribution >= 0.6 is 0 Å². The number of amides is 1. The zero-order valence-electron chi connectivity index (χ0n) is 18.1. The van der Waals surface area contributed by atoms with Crippen LogP contribution in [0.4, 0.5) is 4.39 Å². The fourth-order valence-electron chi connectivity index (χ4n) is 3.81. The molecule has 3 aromatic rings. The van der Waals surface area contributed by atoms with Gasteiger partial charge in [0.2, 0.25) is 0 Å². The minimum absolute atomic E-state index is 0.0438. The number of halogens is 1. The molecule has 0 spiro atoms. The number of likely N-dealkylation sites (tertiary alicyclic amines) is 1. The fraction of sp³-hybridized carbons (Fsp3) is 0.192. The lowest BCUT2D eigenvalue weighted by molar-refractivity contribution is -0.140. The molecule has 7 heteroatoms. The molecule has 0 radical (unpaired) electrons. The maximum atomic E-state index is 13.6. The Morgan fingerprint density at radius 1 is 1.09 bits per heavy atom. The van der Waals surface area contributed by atoms with Gasteiger partial charge in [-0.25, -0.2) is 4.39 Å². The number of aromatic nitrogens is 1. The molecule has 1 aliphatic heterocycles. The number of aliphatic hydroxyl groups is 1. The predicted octanol–water partition coefficient (Wildman–Crippen LogP) is 4.63. The first-order chi connectivity index (χ1) is 16.0. The molecule has 1 saturated heterocycles. The Labute approximate surface area is 191 Å². The van der Waals surface area contributed by atoms with E-state index in [4.69, 9.17) is 4.74 Å². The lowest BCUT2D eigenvalue weighted by Gasteiger charge is -2.25. The maximum Gasteiger partial charge on any atom is 0.295 e. The third-order valence-electron chi connectivity index (χ3n) is 5.40. The van der Waals surface area contributed by atoms with Gasteiger partial charge in [-0.05, 0) is 60.0 Å². The summed E-state index contributed by atoms with van der Waals surface area (Å²) in [7, 11) is 0. The van der Waals surface area contributed by atoms with Crippen molar-refractivity contribution >= 4 is 17.4 Å². The van der Waals surface area contributed by atoms with Gasteiger partial charge in [0.05, 0.1) is 18.2 Å². The second kappa shape index (κ2) is 9.65. The Morgan fingerprint density at radius 3 is 2.45 bits per heavy atom. The van der Waals surface area contributed by atoms with Gasteiger partial charge in [0.15, 0.2) is 0 Å². The van der Waals surface area contributed by atoms with Crippen molar-refractivity contribution in [3.8, 4) is 5.75 Å². The number of nitrogens with zero attached hydrogens (tertiary/aromatic N) is 2. The summed E-state index contributed by atoms with van der Waals surface area (Å²) in [6, 6.07) is 14.9. The van der Waals surface area contributed by atoms with E-state index in [2.05, 4.69) is 4.98 Å². The van der Waals surface area contributed by atoms with Crippen LogP contribution in [0.2, 0.25) is 0 Å². The van der Waals surface area contributed by atoms with Crippen LogP contribution in [-0.2, 0) is 16.1 Å². The SMILES string of the molecule is CCCOc1ccc(/C(O)=C2\C(=O)C(=O)N(Cc3cccnc3)[C@H]2c2ccc(F)cc2)cc1. The zero-order chi connectivity index (χ0) is 23.4. The van der Waals surface area contributed by atoms with E-state index in [0.717, 1.165) is 12.0 Å². The first-order valence-electron chi connectivity index (χ1n) is 10.7. The van der Waals surface area contributed by atoms with Crippen LogP contribution in [-0.4, -0.2) is 33.3 Å². The van der Waals surface area contributed by atoms with E-state index in [1.807, 2.05) is 6.92 Å². The summed E-state index contributed by atoms with van der Waals surface area (Å²) in [4.78, 5) is 31.5. The molecule has 168 valence electrons. The van der Waals surface area contributed by atoms with Gasteiger partial charge in [-0.1, -0.05) is 25.1 Å². The summed E-state index contributed by atoms with van der Waals surface area (Å²) in [5, 5.41) is 11.1. The van der Waals surface area contributed by atoms with Gasteiger partial charge in [0.25, 0.3) is 11.7 Å². The molecule has 1 aliphatic rings. The van der Waals surface area contributed by atoms with Crippen molar-refractivity contribution in [1.82, 2.24) is 9.88 Å². The van der Waals surface area contributed by atoms with Crippen molar-refractivity contribution in [3.63, 3.8) is 0 Å². The Bertz CT molecular complexity index is 1180. The molecule has 0 aliphatic carbocycles. The third kappa shape index (κ3) is 4.62. The van der Waals surface area contributed by atoms with Gasteiger partial charge < -0.3 is 14.7 Å². The molecule has 1 aromatic heterocycles. The fourth-order valence-corrected chi connectivity index (χ4v) is 3.81. The van der Waals surface area contributed by atoms with Crippen LogP contribution in [0.15, 0.2) is 78.6 Å². The number of ether oxygens (including phenoxy) is 1. The standard InChI is InChI=1S/C26H23FN2O4/c1-2-14-33-21-11-7-19(8-12-21)24(30)22-23(18-5-9-20(27)10-6-18)29(26(32)25(22)31)16-17-4-3-13-28-15-17/h3-13,15,23,30H,2,14,16H2,1H3/b24-22+/t23-/m0/s1. The molecular formula is C26H23FN2O4. The quantitative estimate of drug-likeness (QED) is 0.325.